The van der Waals surface area contributed by atoms with E-state index in [2.05, 4.69) is 56.9 Å². The molecule has 1 heterocycles. The van der Waals surface area contributed by atoms with E-state index in [0.717, 1.165) is 6.54 Å². The largest absolute Gasteiger partial charge is 0.513 e. The summed E-state index contributed by atoms with van der Waals surface area (Å²) in [4.78, 5) is 2.45. The fourth-order valence-corrected chi connectivity index (χ4v) is 3.04. The normalized spacial score (nSPS) is 22.6. The Balaban J connectivity index is 2.30. The maximum atomic E-state index is 9.90. The van der Waals surface area contributed by atoms with Gasteiger partial charge in [0.15, 0.2) is 0 Å². The van der Waals surface area contributed by atoms with E-state index in [-0.39, 0.29) is 11.1 Å². The van der Waals surface area contributed by atoms with Crippen LogP contribution in [0.1, 0.15) is 39.7 Å². The molecule has 2 nitrogen and oxygen atoms in total. The SMILES string of the molecule is CC1(C)C=C(O)CC(C)(C)N1Cc1ccccc1. The zero-order valence-corrected chi connectivity index (χ0v) is 11.8. The predicted octanol–water partition coefficient (Wildman–Crippen LogP) is 3.89. The van der Waals surface area contributed by atoms with E-state index in [1.54, 1.807) is 0 Å². The van der Waals surface area contributed by atoms with Crippen LogP contribution in [0.25, 0.3) is 0 Å². The quantitative estimate of drug-likeness (QED) is 0.854. The number of hydrogen-bond acceptors (Lipinski definition) is 2. The van der Waals surface area contributed by atoms with E-state index in [4.69, 9.17) is 0 Å². The Kier molecular flexibility index (Phi) is 3.24. The molecule has 18 heavy (non-hydrogen) atoms. The van der Waals surface area contributed by atoms with E-state index in [0.29, 0.717) is 12.2 Å². The zero-order chi connectivity index (χ0) is 13.4. The lowest BCUT2D eigenvalue weighted by Gasteiger charge is -2.50. The third kappa shape index (κ3) is 2.59. The van der Waals surface area contributed by atoms with Crippen LogP contribution in [0.3, 0.4) is 0 Å². The van der Waals surface area contributed by atoms with Crippen molar-refractivity contribution in [1.82, 2.24) is 4.90 Å². The molecule has 0 amide bonds. The summed E-state index contributed by atoms with van der Waals surface area (Å²) in [7, 11) is 0. The summed E-state index contributed by atoms with van der Waals surface area (Å²) < 4.78 is 0. The van der Waals surface area contributed by atoms with Crippen molar-refractivity contribution in [1.29, 1.82) is 0 Å². The second-order valence-electron chi connectivity index (χ2n) is 6.35. The Morgan fingerprint density at radius 1 is 1.11 bits per heavy atom. The fraction of sp³-hybridized carbons (Fsp3) is 0.500. The Labute approximate surface area is 110 Å². The molecule has 0 saturated carbocycles. The molecule has 0 fully saturated rings. The topological polar surface area (TPSA) is 23.5 Å². The molecule has 0 aromatic heterocycles. The van der Waals surface area contributed by atoms with Gasteiger partial charge in [0.05, 0.1) is 5.76 Å². The van der Waals surface area contributed by atoms with Gasteiger partial charge in [0.2, 0.25) is 0 Å². The Morgan fingerprint density at radius 2 is 1.72 bits per heavy atom. The summed E-state index contributed by atoms with van der Waals surface area (Å²) >= 11 is 0. The minimum atomic E-state index is -0.123. The smallest absolute Gasteiger partial charge is 0.0919 e. The summed E-state index contributed by atoms with van der Waals surface area (Å²) in [6, 6.07) is 10.5. The van der Waals surface area contributed by atoms with E-state index in [9.17, 15) is 5.11 Å². The average molecular weight is 245 g/mol. The predicted molar refractivity (Wildman–Crippen MR) is 75.5 cm³/mol. The van der Waals surface area contributed by atoms with Crippen LogP contribution in [0.5, 0.6) is 0 Å². The molecule has 0 bridgehead atoms. The van der Waals surface area contributed by atoms with Crippen LogP contribution in [-0.2, 0) is 6.54 Å². The summed E-state index contributed by atoms with van der Waals surface area (Å²) in [6.07, 6.45) is 2.68. The van der Waals surface area contributed by atoms with Gasteiger partial charge in [-0.1, -0.05) is 30.3 Å². The molecule has 1 aromatic carbocycles. The first-order valence-corrected chi connectivity index (χ1v) is 6.54. The van der Waals surface area contributed by atoms with Crippen LogP contribution in [0.4, 0.5) is 0 Å². The summed E-state index contributed by atoms with van der Waals surface area (Å²) in [6.45, 7) is 9.62. The Bertz CT molecular complexity index is 445. The minimum absolute atomic E-state index is 0.0296. The van der Waals surface area contributed by atoms with Crippen LogP contribution >= 0.6 is 0 Å². The first-order valence-electron chi connectivity index (χ1n) is 6.54. The Hall–Kier alpha value is -1.28. The van der Waals surface area contributed by atoms with Gasteiger partial charge in [-0.15, -0.1) is 0 Å². The van der Waals surface area contributed by atoms with Crippen molar-refractivity contribution in [3.8, 4) is 0 Å². The number of rotatable bonds is 2. The van der Waals surface area contributed by atoms with Crippen LogP contribution in [0.15, 0.2) is 42.2 Å². The van der Waals surface area contributed by atoms with Crippen molar-refractivity contribution in [2.75, 3.05) is 0 Å². The molecular formula is C16H23NO. The van der Waals surface area contributed by atoms with Crippen LogP contribution in [0.2, 0.25) is 0 Å². The molecular weight excluding hydrogens is 222 g/mol. The highest BCUT2D eigenvalue weighted by molar-refractivity contribution is 5.21. The lowest BCUT2D eigenvalue weighted by molar-refractivity contribution is 0.0114. The third-order valence-corrected chi connectivity index (χ3v) is 3.74. The van der Waals surface area contributed by atoms with Crippen LogP contribution in [-0.4, -0.2) is 21.1 Å². The van der Waals surface area contributed by atoms with Crippen molar-refractivity contribution in [3.63, 3.8) is 0 Å². The van der Waals surface area contributed by atoms with Gasteiger partial charge < -0.3 is 5.11 Å². The second-order valence-corrected chi connectivity index (χ2v) is 6.35. The van der Waals surface area contributed by atoms with Crippen molar-refractivity contribution < 1.29 is 5.11 Å². The van der Waals surface area contributed by atoms with Gasteiger partial charge in [-0.3, -0.25) is 4.90 Å². The standard InChI is InChI=1S/C16H23NO/c1-15(2)10-14(18)11-16(3,4)17(15)12-13-8-6-5-7-9-13/h5-10,18H,11-12H2,1-4H3. The average Bonchev–Trinajstić information content (AvgIpc) is 2.23. The summed E-state index contributed by atoms with van der Waals surface area (Å²) in [5.41, 5.74) is 1.16. The number of nitrogens with zero attached hydrogens (tertiary/aromatic N) is 1. The van der Waals surface area contributed by atoms with Gasteiger partial charge in [-0.25, -0.2) is 0 Å². The molecule has 0 spiro atoms. The van der Waals surface area contributed by atoms with Crippen molar-refractivity contribution in [2.45, 2.75) is 51.7 Å². The molecule has 0 unspecified atom stereocenters. The third-order valence-electron chi connectivity index (χ3n) is 3.74. The van der Waals surface area contributed by atoms with Gasteiger partial charge in [0.1, 0.15) is 0 Å². The Morgan fingerprint density at radius 3 is 2.28 bits per heavy atom. The first-order chi connectivity index (χ1) is 8.31. The molecule has 0 radical (unpaired) electrons. The highest BCUT2D eigenvalue weighted by Crippen LogP contribution is 2.37. The molecule has 0 atom stereocenters. The van der Waals surface area contributed by atoms with Gasteiger partial charge in [0, 0.05) is 24.0 Å². The molecule has 1 aromatic rings. The van der Waals surface area contributed by atoms with Crippen molar-refractivity contribution in [3.05, 3.63) is 47.7 Å². The number of benzene rings is 1. The highest BCUT2D eigenvalue weighted by Gasteiger charge is 2.41. The van der Waals surface area contributed by atoms with Gasteiger partial charge >= 0.3 is 0 Å². The lowest BCUT2D eigenvalue weighted by atomic mass is 9.83. The summed E-state index contributed by atoms with van der Waals surface area (Å²) in [5.74, 6) is 0.509. The lowest BCUT2D eigenvalue weighted by Crippen LogP contribution is -2.56. The molecule has 0 aliphatic carbocycles. The highest BCUT2D eigenvalue weighted by atomic mass is 16.3. The second kappa shape index (κ2) is 4.43. The fourth-order valence-electron chi connectivity index (χ4n) is 3.04. The van der Waals surface area contributed by atoms with E-state index < -0.39 is 0 Å². The van der Waals surface area contributed by atoms with E-state index in [1.165, 1.54) is 5.56 Å². The molecule has 1 aliphatic rings. The maximum absolute atomic E-state index is 9.90. The molecule has 98 valence electrons. The molecule has 1 N–H and O–H groups in total. The van der Waals surface area contributed by atoms with E-state index in [1.807, 2.05) is 12.1 Å². The van der Waals surface area contributed by atoms with Crippen molar-refractivity contribution >= 4 is 0 Å². The molecule has 0 saturated heterocycles. The first kappa shape index (κ1) is 13.2. The number of aliphatic hydroxyl groups excluding tert-OH is 1. The van der Waals surface area contributed by atoms with Gasteiger partial charge in [-0.05, 0) is 39.3 Å². The number of aliphatic hydroxyl groups is 1. The molecule has 2 rings (SSSR count). The number of hydrogen-bond donors (Lipinski definition) is 1. The van der Waals surface area contributed by atoms with Crippen molar-refractivity contribution in [2.24, 2.45) is 0 Å². The van der Waals surface area contributed by atoms with Gasteiger partial charge in [-0.2, -0.15) is 0 Å². The zero-order valence-electron chi connectivity index (χ0n) is 11.8. The monoisotopic (exact) mass is 245 g/mol. The maximum Gasteiger partial charge on any atom is 0.0919 e. The van der Waals surface area contributed by atoms with E-state index >= 15 is 0 Å². The minimum Gasteiger partial charge on any atom is -0.513 e. The van der Waals surface area contributed by atoms with Gasteiger partial charge in [0.25, 0.3) is 0 Å². The summed E-state index contributed by atoms with van der Waals surface area (Å²) in [5, 5.41) is 9.90. The molecule has 1 aliphatic heterocycles. The van der Waals surface area contributed by atoms with Crippen LogP contribution in [0, 0.1) is 0 Å². The van der Waals surface area contributed by atoms with Crippen LogP contribution < -0.4 is 0 Å². The molecule has 2 heteroatoms.